The first-order chi connectivity index (χ1) is 9.61. The highest BCUT2D eigenvalue weighted by Crippen LogP contribution is 2.23. The van der Waals surface area contributed by atoms with E-state index >= 15 is 0 Å². The zero-order valence-electron chi connectivity index (χ0n) is 12.5. The van der Waals surface area contributed by atoms with E-state index in [0.29, 0.717) is 6.04 Å². The summed E-state index contributed by atoms with van der Waals surface area (Å²) >= 11 is 0. The Labute approximate surface area is 120 Å². The van der Waals surface area contributed by atoms with Gasteiger partial charge in [0.1, 0.15) is 5.75 Å². The summed E-state index contributed by atoms with van der Waals surface area (Å²) in [4.78, 5) is 4.07. The third-order valence-electron chi connectivity index (χ3n) is 3.30. The zero-order valence-corrected chi connectivity index (χ0v) is 12.5. The second-order valence-corrected chi connectivity index (χ2v) is 5.14. The van der Waals surface area contributed by atoms with Gasteiger partial charge in [-0.3, -0.25) is 9.67 Å². The lowest BCUT2D eigenvalue weighted by atomic mass is 10.1. The van der Waals surface area contributed by atoms with Crippen LogP contribution in [0.3, 0.4) is 0 Å². The number of hydrogen-bond donors (Lipinski definition) is 1. The van der Waals surface area contributed by atoms with Gasteiger partial charge in [0.2, 0.25) is 0 Å². The van der Waals surface area contributed by atoms with Gasteiger partial charge in [0.05, 0.1) is 19.5 Å². The molecule has 5 nitrogen and oxygen atoms in total. The topological polar surface area (TPSA) is 52.0 Å². The van der Waals surface area contributed by atoms with Crippen LogP contribution < -0.4 is 10.1 Å². The Balaban J connectivity index is 1.99. The van der Waals surface area contributed by atoms with Crippen LogP contribution in [0.5, 0.6) is 5.75 Å². The summed E-state index contributed by atoms with van der Waals surface area (Å²) < 4.78 is 7.30. The third kappa shape index (κ3) is 3.36. The molecule has 1 N–H and O–H groups in total. The van der Waals surface area contributed by atoms with Crippen LogP contribution in [0, 0.1) is 0 Å². The summed E-state index contributed by atoms with van der Waals surface area (Å²) in [7, 11) is 1.67. The van der Waals surface area contributed by atoms with E-state index in [1.54, 1.807) is 19.5 Å². The Morgan fingerprint density at radius 1 is 1.30 bits per heavy atom. The number of nitrogens with one attached hydrogen (secondary N) is 1. The van der Waals surface area contributed by atoms with Crippen molar-refractivity contribution in [2.75, 3.05) is 7.11 Å². The van der Waals surface area contributed by atoms with Crippen molar-refractivity contribution in [1.29, 1.82) is 0 Å². The van der Waals surface area contributed by atoms with E-state index in [9.17, 15) is 0 Å². The molecule has 0 fully saturated rings. The highest BCUT2D eigenvalue weighted by Gasteiger charge is 2.11. The minimum absolute atomic E-state index is 0.190. The molecule has 0 spiro atoms. The van der Waals surface area contributed by atoms with Crippen LogP contribution in [0.15, 0.2) is 30.9 Å². The molecule has 20 heavy (non-hydrogen) atoms. The smallest absolute Gasteiger partial charge is 0.141 e. The van der Waals surface area contributed by atoms with Crippen LogP contribution in [0.25, 0.3) is 0 Å². The molecule has 0 saturated carbocycles. The molecule has 1 atom stereocenters. The van der Waals surface area contributed by atoms with E-state index < -0.39 is 0 Å². The predicted octanol–water partition coefficient (Wildman–Crippen LogP) is 2.72. The van der Waals surface area contributed by atoms with E-state index in [2.05, 4.69) is 42.4 Å². The Hall–Kier alpha value is -1.88. The van der Waals surface area contributed by atoms with Gasteiger partial charge >= 0.3 is 0 Å². The number of methoxy groups -OCH3 is 1. The van der Waals surface area contributed by atoms with Crippen LogP contribution in [0.4, 0.5) is 0 Å². The summed E-state index contributed by atoms with van der Waals surface area (Å²) in [5.74, 6) is 0.811. The molecule has 0 bridgehead atoms. The minimum Gasteiger partial charge on any atom is -0.495 e. The number of nitrogens with zero attached hydrogens (tertiary/aromatic N) is 3. The summed E-state index contributed by atoms with van der Waals surface area (Å²) in [6.07, 6.45) is 7.51. The van der Waals surface area contributed by atoms with E-state index in [4.69, 9.17) is 4.74 Å². The van der Waals surface area contributed by atoms with Gasteiger partial charge in [-0.05, 0) is 26.8 Å². The van der Waals surface area contributed by atoms with E-state index in [1.807, 2.05) is 16.9 Å². The summed E-state index contributed by atoms with van der Waals surface area (Å²) in [6.45, 7) is 7.13. The molecule has 108 valence electrons. The fraction of sp³-hybridized carbons (Fsp3) is 0.467. The fourth-order valence-corrected chi connectivity index (χ4v) is 2.05. The normalized spacial score (nSPS) is 12.7. The van der Waals surface area contributed by atoms with Crippen LogP contribution in [0.2, 0.25) is 0 Å². The van der Waals surface area contributed by atoms with Gasteiger partial charge in [-0.2, -0.15) is 5.10 Å². The van der Waals surface area contributed by atoms with Crippen LogP contribution in [0.1, 0.15) is 44.0 Å². The number of rotatable bonds is 6. The van der Waals surface area contributed by atoms with Crippen molar-refractivity contribution in [2.45, 2.75) is 39.4 Å². The Kier molecular flexibility index (Phi) is 4.74. The largest absolute Gasteiger partial charge is 0.495 e. The second-order valence-electron chi connectivity index (χ2n) is 5.14. The molecule has 2 aromatic rings. The molecule has 2 aromatic heterocycles. The highest BCUT2D eigenvalue weighted by molar-refractivity contribution is 5.32. The van der Waals surface area contributed by atoms with Gasteiger partial charge in [-0.25, -0.2) is 0 Å². The molecule has 1 unspecified atom stereocenters. The lowest BCUT2D eigenvalue weighted by Crippen LogP contribution is -2.18. The van der Waals surface area contributed by atoms with Gasteiger partial charge in [0.25, 0.3) is 0 Å². The molecular formula is C15H22N4O. The number of pyridine rings is 1. The zero-order chi connectivity index (χ0) is 14.5. The van der Waals surface area contributed by atoms with Gasteiger partial charge in [-0.15, -0.1) is 0 Å². The molecule has 0 amide bonds. The average molecular weight is 274 g/mol. The molecular weight excluding hydrogens is 252 g/mol. The molecule has 0 aromatic carbocycles. The Morgan fingerprint density at radius 2 is 2.10 bits per heavy atom. The SMILES string of the molecule is COc1cnccc1C(C)NCc1cnn(C(C)C)c1. The first-order valence-corrected chi connectivity index (χ1v) is 6.86. The van der Waals surface area contributed by atoms with Crippen LogP contribution >= 0.6 is 0 Å². The van der Waals surface area contributed by atoms with E-state index in [0.717, 1.165) is 17.9 Å². The Morgan fingerprint density at radius 3 is 2.75 bits per heavy atom. The molecule has 0 saturated heterocycles. The van der Waals surface area contributed by atoms with Gasteiger partial charge in [0.15, 0.2) is 0 Å². The van der Waals surface area contributed by atoms with Crippen molar-refractivity contribution in [3.63, 3.8) is 0 Å². The van der Waals surface area contributed by atoms with E-state index in [1.165, 1.54) is 5.56 Å². The van der Waals surface area contributed by atoms with Gasteiger partial charge in [-0.1, -0.05) is 0 Å². The Bertz CT molecular complexity index is 550. The lowest BCUT2D eigenvalue weighted by Gasteiger charge is -2.16. The molecule has 0 aliphatic carbocycles. The van der Waals surface area contributed by atoms with Gasteiger partial charge < -0.3 is 10.1 Å². The minimum atomic E-state index is 0.190. The van der Waals surface area contributed by atoms with Crippen molar-refractivity contribution in [2.24, 2.45) is 0 Å². The van der Waals surface area contributed by atoms with Crippen molar-refractivity contribution in [1.82, 2.24) is 20.1 Å². The maximum Gasteiger partial charge on any atom is 0.141 e. The first kappa shape index (κ1) is 14.5. The molecule has 0 aliphatic heterocycles. The average Bonchev–Trinajstić information content (AvgIpc) is 2.94. The first-order valence-electron chi connectivity index (χ1n) is 6.86. The maximum absolute atomic E-state index is 5.34. The van der Waals surface area contributed by atoms with Gasteiger partial charge in [0, 0.05) is 42.1 Å². The van der Waals surface area contributed by atoms with Crippen molar-refractivity contribution >= 4 is 0 Å². The molecule has 5 heteroatoms. The second kappa shape index (κ2) is 6.52. The molecule has 2 rings (SSSR count). The molecule has 2 heterocycles. The maximum atomic E-state index is 5.34. The van der Waals surface area contributed by atoms with Crippen molar-refractivity contribution in [3.05, 3.63) is 42.0 Å². The van der Waals surface area contributed by atoms with Crippen molar-refractivity contribution < 1.29 is 4.74 Å². The standard InChI is InChI=1S/C15H22N4O/c1-11(2)19-10-13(8-18-19)7-17-12(3)14-5-6-16-9-15(14)20-4/h5-6,8-12,17H,7H2,1-4H3. The van der Waals surface area contributed by atoms with E-state index in [-0.39, 0.29) is 6.04 Å². The predicted molar refractivity (Wildman–Crippen MR) is 78.7 cm³/mol. The molecule has 0 radical (unpaired) electrons. The third-order valence-corrected chi connectivity index (χ3v) is 3.30. The number of ether oxygens (including phenoxy) is 1. The lowest BCUT2D eigenvalue weighted by molar-refractivity contribution is 0.399. The quantitative estimate of drug-likeness (QED) is 0.880. The monoisotopic (exact) mass is 274 g/mol. The van der Waals surface area contributed by atoms with Crippen LogP contribution in [-0.4, -0.2) is 21.9 Å². The fourth-order valence-electron chi connectivity index (χ4n) is 2.05. The molecule has 0 aliphatic rings. The summed E-state index contributed by atoms with van der Waals surface area (Å²) in [5, 5.41) is 7.82. The number of hydrogen-bond acceptors (Lipinski definition) is 4. The van der Waals surface area contributed by atoms with Crippen molar-refractivity contribution in [3.8, 4) is 5.75 Å². The summed E-state index contributed by atoms with van der Waals surface area (Å²) in [6, 6.07) is 2.56. The summed E-state index contributed by atoms with van der Waals surface area (Å²) in [5.41, 5.74) is 2.29. The number of aromatic nitrogens is 3. The van der Waals surface area contributed by atoms with Crippen LogP contribution in [-0.2, 0) is 6.54 Å². The highest BCUT2D eigenvalue weighted by atomic mass is 16.5.